The van der Waals surface area contributed by atoms with E-state index in [0.29, 0.717) is 12.1 Å². The Hall–Kier alpha value is -0.160. The molecule has 3 atom stereocenters. The third-order valence-electron chi connectivity index (χ3n) is 3.97. The maximum atomic E-state index is 5.36. The Morgan fingerprint density at radius 3 is 2.56 bits per heavy atom. The highest BCUT2D eigenvalue weighted by Crippen LogP contribution is 2.21. The molecule has 2 heterocycles. The van der Waals surface area contributed by atoms with E-state index >= 15 is 0 Å². The van der Waals surface area contributed by atoms with Crippen LogP contribution in [-0.2, 0) is 4.74 Å². The lowest BCUT2D eigenvalue weighted by atomic mass is 9.90. The number of hydrogen-bond donors (Lipinski definition) is 1. The largest absolute Gasteiger partial charge is 0.379 e. The van der Waals surface area contributed by atoms with Crippen molar-refractivity contribution in [3.05, 3.63) is 0 Å². The summed E-state index contributed by atoms with van der Waals surface area (Å²) in [7, 11) is 2.23. The Balaban J connectivity index is 1.83. The third-order valence-corrected chi connectivity index (χ3v) is 3.97. The zero-order valence-electron chi connectivity index (χ0n) is 10.8. The molecule has 0 bridgehead atoms. The molecule has 2 aliphatic heterocycles. The summed E-state index contributed by atoms with van der Waals surface area (Å²) in [6.45, 7) is 9.64. The molecule has 0 aromatic rings. The Morgan fingerprint density at radius 1 is 1.19 bits per heavy atom. The van der Waals surface area contributed by atoms with E-state index in [9.17, 15) is 0 Å². The van der Waals surface area contributed by atoms with E-state index in [1.54, 1.807) is 0 Å². The number of hydrogen-bond acceptors (Lipinski definition) is 4. The lowest BCUT2D eigenvalue weighted by Crippen LogP contribution is -2.57. The predicted molar refractivity (Wildman–Crippen MR) is 65.2 cm³/mol. The molecular weight excluding hydrogens is 202 g/mol. The fraction of sp³-hybridized carbons (Fsp3) is 1.00. The highest BCUT2D eigenvalue weighted by molar-refractivity contribution is 4.85. The van der Waals surface area contributed by atoms with Gasteiger partial charge in [-0.05, 0) is 26.3 Å². The molecule has 3 unspecified atom stereocenters. The van der Waals surface area contributed by atoms with Crippen molar-refractivity contribution >= 4 is 0 Å². The van der Waals surface area contributed by atoms with Crippen molar-refractivity contribution in [2.75, 3.05) is 39.9 Å². The molecule has 2 aliphatic rings. The molecule has 2 saturated heterocycles. The van der Waals surface area contributed by atoms with Crippen molar-refractivity contribution < 1.29 is 4.74 Å². The van der Waals surface area contributed by atoms with Crippen molar-refractivity contribution in [2.24, 2.45) is 5.92 Å². The van der Waals surface area contributed by atoms with Crippen LogP contribution in [0.4, 0.5) is 0 Å². The second kappa shape index (κ2) is 5.45. The monoisotopic (exact) mass is 227 g/mol. The van der Waals surface area contributed by atoms with Crippen LogP contribution in [-0.4, -0.2) is 61.9 Å². The number of rotatable bonds is 2. The molecule has 0 aromatic carbocycles. The summed E-state index contributed by atoms with van der Waals surface area (Å²) in [5.74, 6) is 0.726. The summed E-state index contributed by atoms with van der Waals surface area (Å²) < 4.78 is 5.36. The number of morpholine rings is 1. The van der Waals surface area contributed by atoms with Gasteiger partial charge in [-0.3, -0.25) is 5.43 Å². The van der Waals surface area contributed by atoms with Gasteiger partial charge in [0.2, 0.25) is 0 Å². The van der Waals surface area contributed by atoms with Crippen LogP contribution in [0.2, 0.25) is 0 Å². The fourth-order valence-corrected chi connectivity index (χ4v) is 2.65. The van der Waals surface area contributed by atoms with Crippen LogP contribution < -0.4 is 5.43 Å². The zero-order valence-corrected chi connectivity index (χ0v) is 10.8. The van der Waals surface area contributed by atoms with Gasteiger partial charge >= 0.3 is 0 Å². The van der Waals surface area contributed by atoms with E-state index in [-0.39, 0.29) is 0 Å². The van der Waals surface area contributed by atoms with Crippen LogP contribution in [0, 0.1) is 5.92 Å². The van der Waals surface area contributed by atoms with E-state index in [2.05, 4.69) is 36.2 Å². The number of nitrogens with one attached hydrogen (secondary N) is 1. The van der Waals surface area contributed by atoms with Crippen LogP contribution in [0.25, 0.3) is 0 Å². The van der Waals surface area contributed by atoms with Gasteiger partial charge < -0.3 is 9.64 Å². The predicted octanol–water partition coefficient (Wildman–Crippen LogP) is 0.552. The third kappa shape index (κ3) is 2.94. The Kier molecular flexibility index (Phi) is 4.19. The van der Waals surface area contributed by atoms with Crippen molar-refractivity contribution in [1.82, 2.24) is 15.3 Å². The normalized spacial score (nSPS) is 38.8. The van der Waals surface area contributed by atoms with E-state index < -0.39 is 0 Å². The SMILES string of the molecule is CC1CN(C)C(C)CC1NN1CCOCC1. The molecule has 0 aromatic heterocycles. The van der Waals surface area contributed by atoms with Crippen molar-refractivity contribution in [3.8, 4) is 0 Å². The smallest absolute Gasteiger partial charge is 0.0608 e. The topological polar surface area (TPSA) is 27.7 Å². The van der Waals surface area contributed by atoms with Gasteiger partial charge in [-0.15, -0.1) is 0 Å². The number of ether oxygens (including phenoxy) is 1. The molecule has 0 saturated carbocycles. The summed E-state index contributed by atoms with van der Waals surface area (Å²) in [4.78, 5) is 2.46. The van der Waals surface area contributed by atoms with Gasteiger partial charge in [-0.2, -0.15) is 0 Å². The molecule has 0 radical (unpaired) electrons. The number of nitrogens with zero attached hydrogens (tertiary/aromatic N) is 2. The summed E-state index contributed by atoms with van der Waals surface area (Å²) in [6, 6.07) is 1.32. The summed E-state index contributed by atoms with van der Waals surface area (Å²) in [6.07, 6.45) is 1.25. The molecule has 0 amide bonds. The zero-order chi connectivity index (χ0) is 11.5. The van der Waals surface area contributed by atoms with Crippen LogP contribution in [0.15, 0.2) is 0 Å². The first kappa shape index (κ1) is 12.3. The average molecular weight is 227 g/mol. The summed E-state index contributed by atoms with van der Waals surface area (Å²) in [5.41, 5.74) is 3.69. The van der Waals surface area contributed by atoms with E-state index in [4.69, 9.17) is 4.74 Å². The molecule has 2 rings (SSSR count). The van der Waals surface area contributed by atoms with Crippen molar-refractivity contribution in [3.63, 3.8) is 0 Å². The molecule has 16 heavy (non-hydrogen) atoms. The minimum absolute atomic E-state index is 0.629. The molecule has 94 valence electrons. The molecule has 4 heteroatoms. The molecule has 0 aliphatic carbocycles. The second-order valence-electron chi connectivity index (χ2n) is 5.34. The number of hydrazine groups is 1. The minimum Gasteiger partial charge on any atom is -0.379 e. The highest BCUT2D eigenvalue weighted by Gasteiger charge is 2.30. The molecule has 4 nitrogen and oxygen atoms in total. The van der Waals surface area contributed by atoms with Crippen molar-refractivity contribution in [1.29, 1.82) is 0 Å². The van der Waals surface area contributed by atoms with Crippen LogP contribution >= 0.6 is 0 Å². The Morgan fingerprint density at radius 2 is 1.88 bits per heavy atom. The highest BCUT2D eigenvalue weighted by atomic mass is 16.5. The maximum Gasteiger partial charge on any atom is 0.0608 e. The average Bonchev–Trinajstić information content (AvgIpc) is 2.27. The first-order chi connectivity index (χ1) is 7.66. The number of piperidine rings is 1. The quantitative estimate of drug-likeness (QED) is 0.746. The Bertz CT molecular complexity index is 218. The van der Waals surface area contributed by atoms with E-state index in [1.807, 2.05) is 0 Å². The van der Waals surface area contributed by atoms with E-state index in [0.717, 1.165) is 32.2 Å². The van der Waals surface area contributed by atoms with Gasteiger partial charge in [0.25, 0.3) is 0 Å². The van der Waals surface area contributed by atoms with Crippen molar-refractivity contribution in [2.45, 2.75) is 32.4 Å². The summed E-state index contributed by atoms with van der Waals surface area (Å²) in [5, 5.41) is 2.34. The van der Waals surface area contributed by atoms with E-state index in [1.165, 1.54) is 13.0 Å². The van der Waals surface area contributed by atoms with Gasteiger partial charge in [0.1, 0.15) is 0 Å². The van der Waals surface area contributed by atoms with Crippen LogP contribution in [0.1, 0.15) is 20.3 Å². The molecular formula is C12H25N3O. The van der Waals surface area contributed by atoms with Crippen LogP contribution in [0.3, 0.4) is 0 Å². The fourth-order valence-electron chi connectivity index (χ4n) is 2.65. The summed E-state index contributed by atoms with van der Waals surface area (Å²) >= 11 is 0. The number of likely N-dealkylation sites (tertiary alicyclic amines) is 1. The lowest BCUT2D eigenvalue weighted by molar-refractivity contribution is -0.0142. The van der Waals surface area contributed by atoms with Gasteiger partial charge in [-0.25, -0.2) is 5.01 Å². The first-order valence-electron chi connectivity index (χ1n) is 6.46. The van der Waals surface area contributed by atoms with Gasteiger partial charge in [0, 0.05) is 31.7 Å². The molecule has 2 fully saturated rings. The molecule has 0 spiro atoms. The van der Waals surface area contributed by atoms with Crippen LogP contribution in [0.5, 0.6) is 0 Å². The molecule has 1 N–H and O–H groups in total. The lowest BCUT2D eigenvalue weighted by Gasteiger charge is -2.42. The minimum atomic E-state index is 0.629. The maximum absolute atomic E-state index is 5.36. The Labute approximate surface area is 98.9 Å². The second-order valence-corrected chi connectivity index (χ2v) is 5.34. The van der Waals surface area contributed by atoms with Gasteiger partial charge in [0.05, 0.1) is 13.2 Å². The standard InChI is InChI=1S/C12H25N3O/c1-10-9-14(3)11(2)8-12(10)13-15-4-6-16-7-5-15/h10-13H,4-9H2,1-3H3. The van der Waals surface area contributed by atoms with Gasteiger partial charge in [0.15, 0.2) is 0 Å². The first-order valence-corrected chi connectivity index (χ1v) is 6.46. The van der Waals surface area contributed by atoms with Gasteiger partial charge in [-0.1, -0.05) is 6.92 Å².